The molecule has 1 atom stereocenters. The third-order valence-electron chi connectivity index (χ3n) is 2.67. The van der Waals surface area contributed by atoms with Gasteiger partial charge in [0.1, 0.15) is 10.9 Å². The number of carbonyl (C=O) groups is 1. The number of nitrogens with zero attached hydrogens (tertiary/aromatic N) is 2. The predicted molar refractivity (Wildman–Crippen MR) is 84.6 cm³/mol. The van der Waals surface area contributed by atoms with Crippen molar-refractivity contribution in [3.63, 3.8) is 0 Å². The summed E-state index contributed by atoms with van der Waals surface area (Å²) < 4.78 is 0. The van der Waals surface area contributed by atoms with Gasteiger partial charge >= 0.3 is 0 Å². The lowest BCUT2D eigenvalue weighted by Crippen LogP contribution is -2.42. The molecule has 0 aliphatic rings. The smallest absolute Gasteiger partial charge is 0.255 e. The molecule has 1 amide bonds. The molecule has 0 radical (unpaired) electrons. The van der Waals surface area contributed by atoms with E-state index in [0.717, 1.165) is 0 Å². The highest BCUT2D eigenvalue weighted by Gasteiger charge is 2.23. The number of hydrogen-bond acceptors (Lipinski definition) is 6. The van der Waals surface area contributed by atoms with Gasteiger partial charge in [-0.05, 0) is 33.3 Å². The minimum Gasteiger partial charge on any atom is -0.387 e. The maximum Gasteiger partial charge on any atom is 0.255 e. The standard InChI is InChI=1S/C13H21N3O2S2/c1-8-10(12(20-5)16-9(2)15-8)11(17)14-6-13(3,18)7-19-4/h18H,6-7H2,1-5H3,(H,14,17). The second-order valence-corrected chi connectivity index (χ2v) is 6.51. The van der Waals surface area contributed by atoms with Crippen molar-refractivity contribution in [1.29, 1.82) is 0 Å². The molecule has 0 saturated carbocycles. The second-order valence-electron chi connectivity index (χ2n) is 4.85. The Labute approximate surface area is 128 Å². The highest BCUT2D eigenvalue weighted by atomic mass is 32.2. The summed E-state index contributed by atoms with van der Waals surface area (Å²) in [5.41, 5.74) is 0.223. The molecule has 0 fully saturated rings. The van der Waals surface area contributed by atoms with Crippen LogP contribution in [-0.2, 0) is 0 Å². The van der Waals surface area contributed by atoms with E-state index in [-0.39, 0.29) is 12.5 Å². The van der Waals surface area contributed by atoms with Crippen LogP contribution in [0.2, 0.25) is 0 Å². The van der Waals surface area contributed by atoms with Gasteiger partial charge in [0.05, 0.1) is 16.9 Å². The minimum absolute atomic E-state index is 0.202. The van der Waals surface area contributed by atoms with Crippen LogP contribution in [0.1, 0.15) is 28.8 Å². The molecule has 0 aromatic carbocycles. The zero-order valence-corrected chi connectivity index (χ0v) is 14.1. The summed E-state index contributed by atoms with van der Waals surface area (Å²) in [5, 5.41) is 13.5. The van der Waals surface area contributed by atoms with E-state index in [1.807, 2.05) is 12.5 Å². The predicted octanol–water partition coefficient (Wildman–Crippen LogP) is 1.66. The second kappa shape index (κ2) is 7.28. The average molecular weight is 315 g/mol. The Morgan fingerprint density at radius 3 is 2.55 bits per heavy atom. The van der Waals surface area contributed by atoms with Gasteiger partial charge in [-0.25, -0.2) is 9.97 Å². The van der Waals surface area contributed by atoms with E-state index in [4.69, 9.17) is 0 Å². The Kier molecular flexibility index (Phi) is 6.29. The molecule has 1 aromatic rings. The first-order valence-electron chi connectivity index (χ1n) is 6.19. The van der Waals surface area contributed by atoms with Crippen LogP contribution in [-0.4, -0.2) is 51.4 Å². The molecular weight excluding hydrogens is 294 g/mol. The molecule has 1 unspecified atom stereocenters. The van der Waals surface area contributed by atoms with E-state index in [1.54, 1.807) is 20.8 Å². The average Bonchev–Trinajstić information content (AvgIpc) is 2.35. The summed E-state index contributed by atoms with van der Waals surface area (Å²) in [6.45, 7) is 5.51. The van der Waals surface area contributed by atoms with Crippen molar-refractivity contribution in [2.75, 3.05) is 24.8 Å². The van der Waals surface area contributed by atoms with Gasteiger partial charge in [-0.3, -0.25) is 4.79 Å². The van der Waals surface area contributed by atoms with Gasteiger partial charge in [0.2, 0.25) is 0 Å². The fraction of sp³-hybridized carbons (Fsp3) is 0.615. The van der Waals surface area contributed by atoms with E-state index >= 15 is 0 Å². The van der Waals surface area contributed by atoms with Crippen LogP contribution in [0.15, 0.2) is 5.03 Å². The number of rotatable bonds is 6. The first-order chi connectivity index (χ1) is 9.30. The molecule has 0 saturated heterocycles. The lowest BCUT2D eigenvalue weighted by molar-refractivity contribution is 0.0722. The number of hydrogen-bond donors (Lipinski definition) is 2. The van der Waals surface area contributed by atoms with Crippen molar-refractivity contribution >= 4 is 29.4 Å². The third kappa shape index (κ3) is 4.64. The summed E-state index contributed by atoms with van der Waals surface area (Å²) in [7, 11) is 0. The normalized spacial score (nSPS) is 13.9. The largest absolute Gasteiger partial charge is 0.387 e. The summed E-state index contributed by atoms with van der Waals surface area (Å²) in [4.78, 5) is 20.8. The van der Waals surface area contributed by atoms with Crippen molar-refractivity contribution in [3.8, 4) is 0 Å². The Morgan fingerprint density at radius 1 is 1.35 bits per heavy atom. The van der Waals surface area contributed by atoms with E-state index < -0.39 is 5.60 Å². The highest BCUT2D eigenvalue weighted by Crippen LogP contribution is 2.20. The number of carbonyl (C=O) groups excluding carboxylic acids is 1. The summed E-state index contributed by atoms with van der Waals surface area (Å²) >= 11 is 2.96. The molecule has 1 heterocycles. The zero-order valence-electron chi connectivity index (χ0n) is 12.5. The minimum atomic E-state index is -0.923. The number of thioether (sulfide) groups is 2. The van der Waals surface area contributed by atoms with E-state index in [2.05, 4.69) is 15.3 Å². The molecule has 7 heteroatoms. The molecule has 0 spiro atoms. The van der Waals surface area contributed by atoms with Crippen LogP contribution >= 0.6 is 23.5 Å². The van der Waals surface area contributed by atoms with E-state index in [9.17, 15) is 9.90 Å². The first-order valence-corrected chi connectivity index (χ1v) is 8.81. The Morgan fingerprint density at radius 2 is 2.00 bits per heavy atom. The number of aryl methyl sites for hydroxylation is 2. The van der Waals surface area contributed by atoms with Crippen LogP contribution in [0.25, 0.3) is 0 Å². The molecule has 5 nitrogen and oxygen atoms in total. The van der Waals surface area contributed by atoms with Crippen LogP contribution in [0.3, 0.4) is 0 Å². The fourth-order valence-corrected chi connectivity index (χ4v) is 3.20. The van der Waals surface area contributed by atoms with Crippen LogP contribution in [0, 0.1) is 13.8 Å². The number of aliphatic hydroxyl groups is 1. The molecular formula is C13H21N3O2S2. The highest BCUT2D eigenvalue weighted by molar-refractivity contribution is 7.98. The Balaban J connectivity index is 2.88. The lowest BCUT2D eigenvalue weighted by Gasteiger charge is -2.23. The maximum absolute atomic E-state index is 12.3. The Hall–Kier alpha value is -0.790. The van der Waals surface area contributed by atoms with Gasteiger partial charge in [0, 0.05) is 12.3 Å². The van der Waals surface area contributed by atoms with E-state index in [0.29, 0.717) is 27.9 Å². The van der Waals surface area contributed by atoms with Crippen LogP contribution < -0.4 is 5.32 Å². The fourth-order valence-electron chi connectivity index (χ4n) is 1.81. The van der Waals surface area contributed by atoms with Gasteiger partial charge in [0.25, 0.3) is 5.91 Å². The lowest BCUT2D eigenvalue weighted by atomic mass is 10.1. The van der Waals surface area contributed by atoms with Gasteiger partial charge in [0.15, 0.2) is 0 Å². The monoisotopic (exact) mass is 315 g/mol. The number of nitrogens with one attached hydrogen (secondary N) is 1. The van der Waals surface area contributed by atoms with E-state index in [1.165, 1.54) is 23.5 Å². The van der Waals surface area contributed by atoms with Crippen molar-refractivity contribution < 1.29 is 9.90 Å². The van der Waals surface area contributed by atoms with Crippen LogP contribution in [0.5, 0.6) is 0 Å². The van der Waals surface area contributed by atoms with Gasteiger partial charge in [-0.2, -0.15) is 11.8 Å². The summed E-state index contributed by atoms with van der Waals surface area (Å²) in [6.07, 6.45) is 3.79. The Bertz CT molecular complexity index is 493. The quantitative estimate of drug-likeness (QED) is 0.614. The third-order valence-corrected chi connectivity index (χ3v) is 4.27. The van der Waals surface area contributed by atoms with Crippen molar-refractivity contribution in [2.24, 2.45) is 0 Å². The first kappa shape index (κ1) is 17.3. The SMILES string of the molecule is CSCC(C)(O)CNC(=O)c1c(C)nc(C)nc1SC. The molecule has 0 aliphatic carbocycles. The molecule has 1 rings (SSSR count). The molecule has 0 aliphatic heterocycles. The zero-order chi connectivity index (χ0) is 15.3. The molecule has 0 bridgehead atoms. The van der Waals surface area contributed by atoms with Crippen molar-refractivity contribution in [2.45, 2.75) is 31.4 Å². The van der Waals surface area contributed by atoms with Crippen LogP contribution in [0.4, 0.5) is 0 Å². The molecule has 1 aromatic heterocycles. The summed E-state index contributed by atoms with van der Waals surface area (Å²) in [6, 6.07) is 0. The van der Waals surface area contributed by atoms with Crippen molar-refractivity contribution in [3.05, 3.63) is 17.1 Å². The van der Waals surface area contributed by atoms with Crippen molar-refractivity contribution in [1.82, 2.24) is 15.3 Å². The molecule has 112 valence electrons. The maximum atomic E-state index is 12.3. The number of amides is 1. The molecule has 2 N–H and O–H groups in total. The molecule has 20 heavy (non-hydrogen) atoms. The topological polar surface area (TPSA) is 75.1 Å². The summed E-state index contributed by atoms with van der Waals surface area (Å²) in [5.74, 6) is 0.970. The van der Waals surface area contributed by atoms with Gasteiger partial charge < -0.3 is 10.4 Å². The van der Waals surface area contributed by atoms with Gasteiger partial charge in [-0.15, -0.1) is 11.8 Å². The van der Waals surface area contributed by atoms with Gasteiger partial charge in [-0.1, -0.05) is 0 Å². The number of aromatic nitrogens is 2.